The molecule has 0 aliphatic carbocycles. The zero-order chi connectivity index (χ0) is 71.9. The summed E-state index contributed by atoms with van der Waals surface area (Å²) in [6.45, 7) is -6.09. The van der Waals surface area contributed by atoms with E-state index in [4.69, 9.17) is 67.3 Å². The van der Waals surface area contributed by atoms with E-state index in [1.54, 1.807) is 10.0 Å². The second kappa shape index (κ2) is 35.3. The van der Waals surface area contributed by atoms with Gasteiger partial charge in [0.05, 0.1) is 71.5 Å². The number of carbonyl (C=O) groups is 7. The Labute approximate surface area is 538 Å². The third kappa shape index (κ3) is 26.8. The molecule has 5 amide bonds. The molecule has 3 heterocycles. The number of ether oxygens (including phenoxy) is 6. The Bertz CT molecular complexity index is 4010. The average Bonchev–Trinajstić information content (AvgIpc) is 0.821. The van der Waals surface area contributed by atoms with Gasteiger partial charge in [-0.25, -0.2) is 46.8 Å². The van der Waals surface area contributed by atoms with Gasteiger partial charge in [-0.15, -0.1) is 0 Å². The highest BCUT2D eigenvalue weighted by Gasteiger charge is 2.32. The molecule has 0 saturated heterocycles. The number of halogens is 9. The number of esters is 1. The van der Waals surface area contributed by atoms with Crippen molar-refractivity contribution in [2.24, 2.45) is 0 Å². The Kier molecular flexibility index (Phi) is 29.4. The topological polar surface area (TPSA) is 489 Å². The van der Waals surface area contributed by atoms with E-state index in [1.807, 2.05) is 0 Å². The van der Waals surface area contributed by atoms with Crippen LogP contribution in [0.1, 0.15) is 43.6 Å². The number of aromatic nitrogens is 5. The molecule has 3 aromatic heterocycles. The molecule has 3 aromatic carbocycles. The molecule has 46 heteroatoms. The number of carboxylic acid groups (broad SMARTS) is 3. The Morgan fingerprint density at radius 1 is 0.674 bits per heavy atom. The molecule has 0 radical (unpaired) electrons. The van der Waals surface area contributed by atoms with Crippen molar-refractivity contribution < 1.29 is 139 Å². The first-order valence-electron chi connectivity index (χ1n) is 24.7. The van der Waals surface area contributed by atoms with Gasteiger partial charge in [-0.1, -0.05) is 35.3 Å². The summed E-state index contributed by atoms with van der Waals surface area (Å²) in [5, 5.41) is 30.8. The van der Waals surface area contributed by atoms with E-state index < -0.39 is 147 Å². The number of hydrogen-bond donors (Lipinski definition) is 10. The van der Waals surface area contributed by atoms with E-state index in [2.05, 4.69) is 45.0 Å². The number of aliphatic carboxylic acids is 2. The molecule has 6 aromatic rings. The fourth-order valence-corrected chi connectivity index (χ4v) is 9.07. The normalized spacial score (nSPS) is 11.4. The molecule has 6 rings (SSSR count). The standard InChI is InChI=1S/C17H11Cl2F3O5.C15H18N6O6S.C14H10F4N4O7S.C3H8NO5P/c1-8(15(23)24)26-16(25)11-7-10(3-4-12(11)18)27-14-5-2-9(6-13(14)19)17(20,21)22;1-21(2)13(22)9-6-5-7-16-12(9)28(24,25)20-15(23)19-14-17-10(26-3)8-11(18-14)27-4;15-11(16)28-8-5-9(29-12(17)18)20-13(19-8)21-14(25)22-30(26,27)7-4-2-1-3-6(7)10(23)24;5-3(6)1-4-2-10(7,8)9/h2-8H,1H3,(H,23,24);5-8H,1-4H3,(H2,17,18,19,20,23);1-5,11-12H,(H,23,24)(H2,19,20,21,22,25);4H,1-2H2,(H,5,6)(H2,7,8,9)/t8-;;;/m0.../s1. The Balaban J connectivity index is 0.000000346. The van der Waals surface area contributed by atoms with Gasteiger partial charge in [0.25, 0.3) is 26.0 Å². The zero-order valence-electron chi connectivity index (χ0n) is 48.2. The number of carbonyl (C=O) groups excluding carboxylic acids is 4. The second-order valence-corrected chi connectivity index (χ2v) is 23.0. The number of anilines is 2. The fraction of sp³-hybridized carbons (Fsp3) is 0.224. The summed E-state index contributed by atoms with van der Waals surface area (Å²) in [7, 11) is -7.66. The number of rotatable bonds is 23. The third-order valence-corrected chi connectivity index (χ3v) is 14.0. The van der Waals surface area contributed by atoms with Crippen LogP contribution < -0.4 is 49.1 Å². The van der Waals surface area contributed by atoms with Crippen molar-refractivity contribution in [3.8, 4) is 35.0 Å². The van der Waals surface area contributed by atoms with Crippen LogP contribution in [0.5, 0.6) is 35.0 Å². The van der Waals surface area contributed by atoms with Gasteiger partial charge in [0.15, 0.2) is 11.1 Å². The molecule has 95 heavy (non-hydrogen) atoms. The van der Waals surface area contributed by atoms with E-state index in [0.717, 1.165) is 37.3 Å². The lowest BCUT2D eigenvalue weighted by Gasteiger charge is -2.14. The fourth-order valence-electron chi connectivity index (χ4n) is 6.11. The molecule has 0 bridgehead atoms. The quantitative estimate of drug-likeness (QED) is 0.0193. The Morgan fingerprint density at radius 3 is 1.66 bits per heavy atom. The van der Waals surface area contributed by atoms with Crippen LogP contribution in [0.3, 0.4) is 0 Å². The van der Waals surface area contributed by atoms with Crippen molar-refractivity contribution >= 4 is 105 Å². The first-order valence-corrected chi connectivity index (χ1v) is 30.3. The molecule has 0 unspecified atom stereocenters. The molecular weight excluding hydrogens is 1410 g/mol. The van der Waals surface area contributed by atoms with Crippen LogP contribution >= 0.6 is 30.8 Å². The van der Waals surface area contributed by atoms with Crippen LogP contribution in [-0.2, 0) is 45.1 Å². The van der Waals surface area contributed by atoms with Crippen molar-refractivity contribution in [2.75, 3.05) is 51.8 Å². The van der Waals surface area contributed by atoms with Gasteiger partial charge in [0, 0.05) is 20.3 Å². The molecule has 0 spiro atoms. The summed E-state index contributed by atoms with van der Waals surface area (Å²) in [5.41, 5.74) is -1.95. The number of pyridine rings is 1. The van der Waals surface area contributed by atoms with Gasteiger partial charge < -0.3 is 58.4 Å². The molecule has 10 N–H and O–H groups in total. The largest absolute Gasteiger partial charge is 0.481 e. The average molecular weight is 1460 g/mol. The van der Waals surface area contributed by atoms with Crippen molar-refractivity contribution in [1.29, 1.82) is 0 Å². The number of nitrogens with zero attached hydrogens (tertiary/aromatic N) is 6. The number of sulfonamides is 2. The van der Waals surface area contributed by atoms with Crippen LogP contribution in [0.25, 0.3) is 0 Å². The van der Waals surface area contributed by atoms with E-state index in [0.29, 0.717) is 12.1 Å². The number of hydrogen-bond acceptors (Lipinski definition) is 24. The minimum atomic E-state index is -4.71. The molecule has 0 aliphatic heterocycles. The van der Waals surface area contributed by atoms with Gasteiger partial charge in [-0.2, -0.15) is 59.1 Å². The number of nitrogens with one attached hydrogen (secondary N) is 5. The van der Waals surface area contributed by atoms with Crippen LogP contribution in [0.4, 0.5) is 52.2 Å². The molecule has 0 aliphatic rings. The first-order chi connectivity index (χ1) is 44.0. The van der Waals surface area contributed by atoms with Crippen molar-refractivity contribution in [1.82, 2.24) is 44.6 Å². The lowest BCUT2D eigenvalue weighted by Crippen LogP contribution is -2.36. The second-order valence-electron chi connectivity index (χ2n) is 17.3. The lowest BCUT2D eigenvalue weighted by atomic mass is 10.2. The van der Waals surface area contributed by atoms with E-state index in [9.17, 15) is 85.7 Å². The summed E-state index contributed by atoms with van der Waals surface area (Å²) in [6.07, 6.45) is -5.36. The number of aromatic carboxylic acids is 1. The summed E-state index contributed by atoms with van der Waals surface area (Å²) in [6, 6.07) is 12.5. The zero-order valence-corrected chi connectivity index (χ0v) is 52.3. The smallest absolute Gasteiger partial charge is 0.416 e. The summed E-state index contributed by atoms with van der Waals surface area (Å²) in [4.78, 5) is 115. The molecule has 0 saturated carbocycles. The maximum absolute atomic E-state index is 12.7. The van der Waals surface area contributed by atoms with Crippen molar-refractivity contribution in [3.05, 3.63) is 123 Å². The summed E-state index contributed by atoms with van der Waals surface area (Å²) >= 11 is 11.7. The molecule has 34 nitrogen and oxygen atoms in total. The third-order valence-electron chi connectivity index (χ3n) is 10.0. The lowest BCUT2D eigenvalue weighted by molar-refractivity contribution is -0.146. The van der Waals surface area contributed by atoms with Crippen LogP contribution in [0.2, 0.25) is 10.0 Å². The monoisotopic (exact) mass is 1460 g/mol. The SMILES string of the molecule is COc1cc(OC)nc(NC(=O)NS(=O)(=O)c2ncccc2C(=O)N(C)C)n1.C[C@H](OC(=O)c1cc(Oc2ccc(C(F)(F)F)cc2Cl)ccc1Cl)C(=O)O.O=C(Nc1nc(OC(F)F)cc(OC(F)F)n1)NS(=O)(=O)c1ccccc1C(=O)O.O=C(O)CNCP(=O)(O)O. The van der Waals surface area contributed by atoms with Gasteiger partial charge in [-0.3, -0.25) is 30.1 Å². The predicted octanol–water partition coefficient (Wildman–Crippen LogP) is 6.22. The number of carboxylic acids is 3. The van der Waals surface area contributed by atoms with E-state index >= 15 is 0 Å². The number of urea groups is 2. The van der Waals surface area contributed by atoms with Gasteiger partial charge in [0.1, 0.15) is 16.4 Å². The minimum Gasteiger partial charge on any atom is -0.481 e. The number of benzene rings is 3. The first kappa shape index (κ1) is 79.2. The van der Waals surface area contributed by atoms with Gasteiger partial charge in [0.2, 0.25) is 35.4 Å². The highest BCUT2D eigenvalue weighted by Crippen LogP contribution is 2.37. The summed E-state index contributed by atoms with van der Waals surface area (Å²) < 4.78 is 178. The number of methoxy groups -OCH3 is 2. The predicted molar refractivity (Wildman–Crippen MR) is 308 cm³/mol. The maximum Gasteiger partial charge on any atom is 0.416 e. The van der Waals surface area contributed by atoms with Crippen LogP contribution in [0.15, 0.2) is 101 Å². The van der Waals surface area contributed by atoms with Gasteiger partial charge in [-0.05, 0) is 67.6 Å². The highest BCUT2D eigenvalue weighted by atomic mass is 35.5. The molecule has 1 atom stereocenters. The Morgan fingerprint density at radius 2 is 1.19 bits per heavy atom. The number of amides is 5. The molecule has 0 fully saturated rings. The molecule has 516 valence electrons. The van der Waals surface area contributed by atoms with Gasteiger partial charge >= 0.3 is 62.9 Å². The van der Waals surface area contributed by atoms with E-state index in [-0.39, 0.29) is 50.4 Å². The van der Waals surface area contributed by atoms with Crippen LogP contribution in [-0.4, -0.2) is 174 Å². The Hall–Kier alpha value is -10.0. The number of alkyl halides is 7. The molecular formula is C49H47Cl2F7N11O23PS2. The van der Waals surface area contributed by atoms with Crippen LogP contribution in [0, 0.1) is 0 Å². The summed E-state index contributed by atoms with van der Waals surface area (Å²) in [5.74, 6) is -8.65. The van der Waals surface area contributed by atoms with Crippen molar-refractivity contribution in [2.45, 2.75) is 42.3 Å². The van der Waals surface area contributed by atoms with E-state index in [1.165, 1.54) is 86.6 Å². The maximum atomic E-state index is 12.7. The minimum absolute atomic E-state index is 0.0246. The van der Waals surface area contributed by atoms with Crippen molar-refractivity contribution in [3.63, 3.8) is 0 Å². The highest BCUT2D eigenvalue weighted by molar-refractivity contribution is 7.90.